The van der Waals surface area contributed by atoms with Crippen LogP contribution in [0.1, 0.15) is 6.92 Å². The van der Waals surface area contributed by atoms with Crippen LogP contribution in [0.4, 0.5) is 10.1 Å². The number of anilines is 1. The van der Waals surface area contributed by atoms with Gasteiger partial charge in [0.15, 0.2) is 0 Å². The third kappa shape index (κ3) is 4.84. The summed E-state index contributed by atoms with van der Waals surface area (Å²) in [5.74, 6) is -2.55. The normalized spacial score (nSPS) is 11.8. The van der Waals surface area contributed by atoms with E-state index in [1.165, 1.54) is 6.07 Å². The number of aliphatic hydroxyl groups excluding tert-OH is 1. The molecule has 0 heterocycles. The Kier molecular flexibility index (Phi) is 5.72. The predicted octanol–water partition coefficient (Wildman–Crippen LogP) is 1.16. The Morgan fingerprint density at radius 3 is 2.74 bits per heavy atom. The summed E-state index contributed by atoms with van der Waals surface area (Å²) < 4.78 is 13.0. The molecule has 5 nitrogen and oxygen atoms in total. The average Bonchev–Trinajstić information content (AvgIpc) is 2.39. The molecule has 0 saturated heterocycles. The van der Waals surface area contributed by atoms with Gasteiger partial charge in [-0.25, -0.2) is 4.39 Å². The molecule has 0 aliphatic carbocycles. The molecule has 0 aliphatic heterocycles. The molecule has 19 heavy (non-hydrogen) atoms. The molecular formula is C12H14ClFN2O3. The monoisotopic (exact) mass is 288 g/mol. The fourth-order valence-corrected chi connectivity index (χ4v) is 1.35. The first kappa shape index (κ1) is 15.4. The zero-order valence-corrected chi connectivity index (χ0v) is 11.0. The highest BCUT2D eigenvalue weighted by Crippen LogP contribution is 2.22. The van der Waals surface area contributed by atoms with Crippen molar-refractivity contribution in [3.8, 4) is 0 Å². The van der Waals surface area contributed by atoms with Crippen molar-refractivity contribution < 1.29 is 19.1 Å². The minimum atomic E-state index is -0.947. The number of hydrogen-bond donors (Lipinski definition) is 3. The Labute approximate surface area is 114 Å². The topological polar surface area (TPSA) is 78.4 Å². The number of hydrogen-bond acceptors (Lipinski definition) is 3. The minimum absolute atomic E-state index is 0.0250. The summed E-state index contributed by atoms with van der Waals surface area (Å²) in [7, 11) is 0. The molecule has 1 unspecified atom stereocenters. The molecule has 2 amide bonds. The van der Waals surface area contributed by atoms with Gasteiger partial charge in [0.05, 0.1) is 10.7 Å². The van der Waals surface area contributed by atoms with Crippen LogP contribution in [0.3, 0.4) is 0 Å². The second-order valence-electron chi connectivity index (χ2n) is 4.08. The summed E-state index contributed by atoms with van der Waals surface area (Å²) in [4.78, 5) is 22.9. The van der Waals surface area contributed by atoms with Gasteiger partial charge in [0.1, 0.15) is 5.82 Å². The third-order valence-electron chi connectivity index (χ3n) is 2.31. The number of rotatable bonds is 4. The second-order valence-corrected chi connectivity index (χ2v) is 4.48. The lowest BCUT2D eigenvalue weighted by Crippen LogP contribution is -2.38. The van der Waals surface area contributed by atoms with Crippen molar-refractivity contribution in [1.29, 1.82) is 0 Å². The molecule has 0 aliphatic rings. The summed E-state index contributed by atoms with van der Waals surface area (Å²) >= 11 is 5.75. The van der Waals surface area contributed by atoms with Gasteiger partial charge in [-0.3, -0.25) is 9.59 Å². The van der Waals surface area contributed by atoms with Gasteiger partial charge in [-0.1, -0.05) is 18.5 Å². The van der Waals surface area contributed by atoms with Gasteiger partial charge in [-0.15, -0.1) is 0 Å². The molecule has 104 valence electrons. The van der Waals surface area contributed by atoms with Crippen LogP contribution < -0.4 is 10.6 Å². The lowest BCUT2D eigenvalue weighted by atomic mass is 10.2. The maximum Gasteiger partial charge on any atom is 0.313 e. The number of halogens is 2. The van der Waals surface area contributed by atoms with E-state index in [1.54, 1.807) is 6.92 Å². The van der Waals surface area contributed by atoms with Crippen LogP contribution in [0.5, 0.6) is 0 Å². The van der Waals surface area contributed by atoms with E-state index in [2.05, 4.69) is 10.6 Å². The van der Waals surface area contributed by atoms with E-state index < -0.39 is 17.6 Å². The first-order valence-corrected chi connectivity index (χ1v) is 5.97. The SMILES string of the molecule is CC(CO)CNC(=O)C(=O)Nc1cc(F)ccc1Cl. The smallest absolute Gasteiger partial charge is 0.313 e. The van der Waals surface area contributed by atoms with E-state index in [4.69, 9.17) is 16.7 Å². The molecule has 0 saturated carbocycles. The number of benzene rings is 1. The maximum atomic E-state index is 13.0. The predicted molar refractivity (Wildman–Crippen MR) is 69.3 cm³/mol. The Morgan fingerprint density at radius 2 is 2.11 bits per heavy atom. The molecule has 1 atom stereocenters. The molecule has 1 rings (SSSR count). The standard InChI is InChI=1S/C12H14ClFN2O3/c1-7(6-17)5-15-11(18)12(19)16-10-4-8(14)2-3-9(10)13/h2-4,7,17H,5-6H2,1H3,(H,15,18)(H,16,19). The number of carbonyl (C=O) groups excluding carboxylic acids is 2. The first-order valence-electron chi connectivity index (χ1n) is 5.59. The van der Waals surface area contributed by atoms with Gasteiger partial charge in [-0.05, 0) is 24.1 Å². The highest BCUT2D eigenvalue weighted by molar-refractivity contribution is 6.41. The number of carbonyl (C=O) groups is 2. The van der Waals surface area contributed by atoms with Crippen molar-refractivity contribution >= 4 is 29.1 Å². The molecule has 1 aromatic carbocycles. The Bertz CT molecular complexity index is 482. The largest absolute Gasteiger partial charge is 0.396 e. The van der Waals surface area contributed by atoms with Crippen molar-refractivity contribution in [1.82, 2.24) is 5.32 Å². The zero-order chi connectivity index (χ0) is 14.4. The van der Waals surface area contributed by atoms with Crippen LogP contribution in [0.15, 0.2) is 18.2 Å². The Balaban J connectivity index is 2.59. The maximum absolute atomic E-state index is 13.0. The van der Waals surface area contributed by atoms with Crippen molar-refractivity contribution in [3.63, 3.8) is 0 Å². The summed E-state index contributed by atoms with van der Waals surface area (Å²) in [6.07, 6.45) is 0. The molecule has 0 radical (unpaired) electrons. The van der Waals surface area contributed by atoms with Crippen molar-refractivity contribution in [3.05, 3.63) is 29.0 Å². The number of nitrogens with one attached hydrogen (secondary N) is 2. The van der Waals surface area contributed by atoms with E-state index in [0.717, 1.165) is 12.1 Å². The quantitative estimate of drug-likeness (QED) is 0.728. The molecule has 0 bridgehead atoms. The van der Waals surface area contributed by atoms with E-state index in [-0.39, 0.29) is 29.8 Å². The summed E-state index contributed by atoms with van der Waals surface area (Å²) in [6.45, 7) is 1.78. The first-order chi connectivity index (χ1) is 8.93. The average molecular weight is 289 g/mol. The van der Waals surface area contributed by atoms with Gasteiger partial charge < -0.3 is 15.7 Å². The summed E-state index contributed by atoms with van der Waals surface area (Å²) in [5, 5.41) is 13.5. The van der Waals surface area contributed by atoms with Crippen LogP contribution >= 0.6 is 11.6 Å². The summed E-state index contributed by atoms with van der Waals surface area (Å²) in [6, 6.07) is 3.43. The minimum Gasteiger partial charge on any atom is -0.396 e. The van der Waals surface area contributed by atoms with Crippen molar-refractivity contribution in [2.75, 3.05) is 18.5 Å². The molecule has 3 N–H and O–H groups in total. The highest BCUT2D eigenvalue weighted by Gasteiger charge is 2.16. The third-order valence-corrected chi connectivity index (χ3v) is 2.64. The van der Waals surface area contributed by atoms with E-state index in [0.29, 0.717) is 0 Å². The molecule has 0 aromatic heterocycles. The lowest BCUT2D eigenvalue weighted by molar-refractivity contribution is -0.136. The Hall–Kier alpha value is -1.66. The van der Waals surface area contributed by atoms with E-state index in [9.17, 15) is 14.0 Å². The van der Waals surface area contributed by atoms with E-state index in [1.807, 2.05) is 0 Å². The van der Waals surface area contributed by atoms with Gasteiger partial charge >= 0.3 is 11.8 Å². The van der Waals surface area contributed by atoms with Crippen LogP contribution in [0.2, 0.25) is 5.02 Å². The fraction of sp³-hybridized carbons (Fsp3) is 0.333. The van der Waals surface area contributed by atoms with Gasteiger partial charge in [-0.2, -0.15) is 0 Å². The lowest BCUT2D eigenvalue weighted by Gasteiger charge is -2.10. The number of aliphatic hydroxyl groups is 1. The van der Waals surface area contributed by atoms with Crippen LogP contribution in [0.25, 0.3) is 0 Å². The van der Waals surface area contributed by atoms with Gasteiger partial charge in [0.2, 0.25) is 0 Å². The molecule has 0 spiro atoms. The van der Waals surface area contributed by atoms with Crippen molar-refractivity contribution in [2.24, 2.45) is 5.92 Å². The molecular weight excluding hydrogens is 275 g/mol. The molecule has 7 heteroatoms. The second kappa shape index (κ2) is 7.06. The van der Waals surface area contributed by atoms with Gasteiger partial charge in [0.25, 0.3) is 0 Å². The zero-order valence-electron chi connectivity index (χ0n) is 10.2. The van der Waals surface area contributed by atoms with Crippen LogP contribution in [-0.2, 0) is 9.59 Å². The van der Waals surface area contributed by atoms with E-state index >= 15 is 0 Å². The summed E-state index contributed by atoms with van der Waals surface area (Å²) in [5.41, 5.74) is 0.0250. The molecule has 1 aromatic rings. The van der Waals surface area contributed by atoms with Crippen molar-refractivity contribution in [2.45, 2.75) is 6.92 Å². The fourth-order valence-electron chi connectivity index (χ4n) is 1.18. The Morgan fingerprint density at radius 1 is 1.42 bits per heavy atom. The molecule has 0 fully saturated rings. The van der Waals surface area contributed by atoms with Gasteiger partial charge in [0, 0.05) is 13.2 Å². The van der Waals surface area contributed by atoms with Crippen LogP contribution in [-0.4, -0.2) is 30.1 Å². The van der Waals surface area contributed by atoms with Crippen LogP contribution in [0, 0.1) is 11.7 Å². The number of amides is 2. The highest BCUT2D eigenvalue weighted by atomic mass is 35.5.